The summed E-state index contributed by atoms with van der Waals surface area (Å²) in [6, 6.07) is 10.7. The van der Waals surface area contributed by atoms with Crippen LogP contribution in [-0.2, 0) is 26.5 Å². The predicted molar refractivity (Wildman–Crippen MR) is 89.2 cm³/mol. The Labute approximate surface area is 136 Å². The van der Waals surface area contributed by atoms with Crippen molar-refractivity contribution in [3.8, 4) is 0 Å². The van der Waals surface area contributed by atoms with E-state index in [1.165, 1.54) is 30.3 Å². The van der Waals surface area contributed by atoms with Gasteiger partial charge in [0, 0.05) is 0 Å². The molecule has 3 N–H and O–H groups in total. The fourth-order valence-electron chi connectivity index (χ4n) is 2.09. The zero-order valence-electron chi connectivity index (χ0n) is 12.8. The number of primary sulfonamides is 1. The van der Waals surface area contributed by atoms with Gasteiger partial charge in [-0.2, -0.15) is 0 Å². The first-order valence-electron chi connectivity index (χ1n) is 6.88. The first-order chi connectivity index (χ1) is 10.6. The number of anilines is 1. The summed E-state index contributed by atoms with van der Waals surface area (Å²) in [5.41, 5.74) is 1.61. The van der Waals surface area contributed by atoms with Gasteiger partial charge in [-0.05, 0) is 48.7 Å². The number of nitrogens with two attached hydrogens (primary N) is 1. The molecule has 0 spiro atoms. The van der Waals surface area contributed by atoms with E-state index in [1.807, 2.05) is 6.92 Å². The van der Waals surface area contributed by atoms with Crippen molar-refractivity contribution in [1.29, 1.82) is 0 Å². The Morgan fingerprint density at radius 3 is 2.13 bits per heavy atom. The Hall–Kier alpha value is -1.90. The van der Waals surface area contributed by atoms with Crippen LogP contribution >= 0.6 is 0 Å². The molecule has 0 saturated heterocycles. The van der Waals surface area contributed by atoms with Crippen LogP contribution in [0.5, 0.6) is 0 Å². The summed E-state index contributed by atoms with van der Waals surface area (Å²) < 4.78 is 50.1. The molecule has 0 saturated carbocycles. The van der Waals surface area contributed by atoms with Crippen molar-refractivity contribution in [3.05, 3.63) is 53.6 Å². The van der Waals surface area contributed by atoms with Crippen LogP contribution < -0.4 is 9.86 Å². The van der Waals surface area contributed by atoms with Crippen LogP contribution in [0.15, 0.2) is 52.3 Å². The van der Waals surface area contributed by atoms with Crippen molar-refractivity contribution in [2.45, 2.75) is 30.1 Å². The highest BCUT2D eigenvalue weighted by Gasteiger charge is 2.17. The first kappa shape index (κ1) is 17.5. The van der Waals surface area contributed by atoms with Crippen molar-refractivity contribution >= 4 is 25.7 Å². The molecule has 0 aliphatic heterocycles. The maximum Gasteiger partial charge on any atom is 0.261 e. The Morgan fingerprint density at radius 1 is 1.00 bits per heavy atom. The largest absolute Gasteiger partial charge is 0.280 e. The van der Waals surface area contributed by atoms with Crippen molar-refractivity contribution in [2.24, 2.45) is 5.14 Å². The van der Waals surface area contributed by atoms with Gasteiger partial charge in [0.15, 0.2) is 0 Å². The topological polar surface area (TPSA) is 106 Å². The molecule has 0 amide bonds. The molecule has 0 bridgehead atoms. The van der Waals surface area contributed by atoms with Crippen LogP contribution in [0.25, 0.3) is 0 Å². The lowest BCUT2D eigenvalue weighted by atomic mass is 10.2. The highest BCUT2D eigenvalue weighted by atomic mass is 32.2. The minimum Gasteiger partial charge on any atom is -0.280 e. The zero-order valence-corrected chi connectivity index (χ0v) is 14.4. The van der Waals surface area contributed by atoms with Gasteiger partial charge in [-0.3, -0.25) is 4.72 Å². The average molecular weight is 354 g/mol. The quantitative estimate of drug-likeness (QED) is 0.856. The third-order valence-electron chi connectivity index (χ3n) is 3.39. The van der Waals surface area contributed by atoms with E-state index in [0.717, 1.165) is 12.0 Å². The van der Waals surface area contributed by atoms with E-state index in [0.29, 0.717) is 5.56 Å². The smallest absolute Gasteiger partial charge is 0.261 e. The maximum absolute atomic E-state index is 12.4. The van der Waals surface area contributed by atoms with Gasteiger partial charge in [-0.25, -0.2) is 22.0 Å². The van der Waals surface area contributed by atoms with Gasteiger partial charge in [-0.1, -0.05) is 25.1 Å². The highest BCUT2D eigenvalue weighted by Crippen LogP contribution is 2.22. The fraction of sp³-hybridized carbons (Fsp3) is 0.200. The van der Waals surface area contributed by atoms with Gasteiger partial charge in [0.25, 0.3) is 10.0 Å². The molecule has 2 aromatic carbocycles. The van der Waals surface area contributed by atoms with E-state index >= 15 is 0 Å². The first-order valence-corrected chi connectivity index (χ1v) is 9.91. The monoisotopic (exact) mass is 354 g/mol. The van der Waals surface area contributed by atoms with Gasteiger partial charge in [-0.15, -0.1) is 0 Å². The summed E-state index contributed by atoms with van der Waals surface area (Å²) in [5.74, 6) is 0. The normalized spacial score (nSPS) is 12.1. The summed E-state index contributed by atoms with van der Waals surface area (Å²) >= 11 is 0. The van der Waals surface area contributed by atoms with Crippen LogP contribution in [0.1, 0.15) is 18.1 Å². The molecule has 2 aromatic rings. The molecule has 124 valence electrons. The van der Waals surface area contributed by atoms with Crippen LogP contribution in [-0.4, -0.2) is 16.8 Å². The molecule has 0 heterocycles. The molecular weight excluding hydrogens is 336 g/mol. The number of aryl methyl sites for hydroxylation is 2. The summed E-state index contributed by atoms with van der Waals surface area (Å²) in [5, 5.41) is 5.13. The SMILES string of the molecule is CCc1ccc(S(=O)(=O)Nc2ccc(C)c(S(N)(=O)=O)c2)cc1. The van der Waals surface area contributed by atoms with E-state index in [9.17, 15) is 16.8 Å². The highest BCUT2D eigenvalue weighted by molar-refractivity contribution is 7.92. The van der Waals surface area contributed by atoms with Crippen LogP contribution in [0.4, 0.5) is 5.69 Å². The van der Waals surface area contributed by atoms with E-state index < -0.39 is 20.0 Å². The predicted octanol–water partition coefficient (Wildman–Crippen LogP) is 2.01. The Balaban J connectivity index is 2.37. The van der Waals surface area contributed by atoms with E-state index in [-0.39, 0.29) is 15.5 Å². The van der Waals surface area contributed by atoms with Crippen molar-refractivity contribution in [2.75, 3.05) is 4.72 Å². The summed E-state index contributed by atoms with van der Waals surface area (Å²) in [4.78, 5) is -0.00791. The minimum atomic E-state index is -3.92. The zero-order chi connectivity index (χ0) is 17.3. The number of hydrogen-bond acceptors (Lipinski definition) is 4. The number of nitrogens with one attached hydrogen (secondary N) is 1. The second-order valence-corrected chi connectivity index (χ2v) is 8.34. The van der Waals surface area contributed by atoms with Gasteiger partial charge < -0.3 is 0 Å². The Bertz CT molecular complexity index is 918. The number of sulfonamides is 2. The molecular formula is C15H18N2O4S2. The van der Waals surface area contributed by atoms with Crippen LogP contribution in [0, 0.1) is 6.92 Å². The van der Waals surface area contributed by atoms with Crippen molar-refractivity contribution in [1.82, 2.24) is 0 Å². The van der Waals surface area contributed by atoms with Gasteiger partial charge >= 0.3 is 0 Å². The second-order valence-electron chi connectivity index (χ2n) is 5.13. The molecule has 2 rings (SSSR count). The number of hydrogen-bond donors (Lipinski definition) is 2. The molecule has 0 atom stereocenters. The summed E-state index contributed by atoms with van der Waals surface area (Å²) in [6.45, 7) is 3.56. The Morgan fingerprint density at radius 2 is 1.61 bits per heavy atom. The van der Waals surface area contributed by atoms with Crippen molar-refractivity contribution in [3.63, 3.8) is 0 Å². The van der Waals surface area contributed by atoms with Gasteiger partial charge in [0.1, 0.15) is 0 Å². The van der Waals surface area contributed by atoms with Crippen LogP contribution in [0.3, 0.4) is 0 Å². The molecule has 0 radical (unpaired) electrons. The standard InChI is InChI=1S/C15H18N2O4S2/c1-3-12-5-8-14(9-6-12)23(20,21)17-13-7-4-11(2)15(10-13)22(16,18)19/h4-10,17H,3H2,1-2H3,(H2,16,18,19). The molecule has 0 unspecified atom stereocenters. The van der Waals surface area contributed by atoms with Crippen molar-refractivity contribution < 1.29 is 16.8 Å². The van der Waals surface area contributed by atoms with Gasteiger partial charge in [0.05, 0.1) is 15.5 Å². The molecule has 0 aromatic heterocycles. The lowest BCUT2D eigenvalue weighted by Gasteiger charge is -2.11. The molecule has 0 aliphatic carbocycles. The molecule has 0 fully saturated rings. The van der Waals surface area contributed by atoms with E-state index in [1.54, 1.807) is 19.1 Å². The lowest BCUT2D eigenvalue weighted by Crippen LogP contribution is -2.16. The Kier molecular flexibility index (Phi) is 4.79. The molecule has 23 heavy (non-hydrogen) atoms. The molecule has 0 aliphatic rings. The summed E-state index contributed by atoms with van der Waals surface area (Å²) in [7, 11) is -7.72. The number of rotatable bonds is 5. The summed E-state index contributed by atoms with van der Waals surface area (Å²) in [6.07, 6.45) is 0.809. The lowest BCUT2D eigenvalue weighted by molar-refractivity contribution is 0.596. The number of benzene rings is 2. The van der Waals surface area contributed by atoms with E-state index in [4.69, 9.17) is 5.14 Å². The molecule has 6 nitrogen and oxygen atoms in total. The maximum atomic E-state index is 12.4. The third-order valence-corrected chi connectivity index (χ3v) is 5.84. The second kappa shape index (κ2) is 6.31. The third kappa shape index (κ3) is 4.10. The van der Waals surface area contributed by atoms with Gasteiger partial charge in [0.2, 0.25) is 10.0 Å². The fourth-order valence-corrected chi connectivity index (χ4v) is 3.95. The van der Waals surface area contributed by atoms with Crippen LogP contribution in [0.2, 0.25) is 0 Å². The molecule has 8 heteroatoms. The minimum absolute atomic E-state index is 0.104. The van der Waals surface area contributed by atoms with E-state index in [2.05, 4.69) is 4.72 Å². The average Bonchev–Trinajstić information content (AvgIpc) is 2.48.